The van der Waals surface area contributed by atoms with Gasteiger partial charge in [0.05, 0.1) is 19.2 Å². The van der Waals surface area contributed by atoms with Gasteiger partial charge in [-0.25, -0.2) is 9.78 Å². The second-order valence-electron chi connectivity index (χ2n) is 5.71. The van der Waals surface area contributed by atoms with E-state index in [0.717, 1.165) is 25.9 Å². The van der Waals surface area contributed by atoms with Gasteiger partial charge in [-0.1, -0.05) is 0 Å². The van der Waals surface area contributed by atoms with Gasteiger partial charge in [-0.05, 0) is 32.4 Å². The fraction of sp³-hybridized carbons (Fsp3) is 0.500. The van der Waals surface area contributed by atoms with E-state index in [1.807, 2.05) is 10.9 Å². The van der Waals surface area contributed by atoms with Crippen LogP contribution in [0.4, 0.5) is 0 Å². The molecule has 2 aromatic heterocycles. The largest absolute Gasteiger partial charge is 0.461 e. The molecule has 0 radical (unpaired) electrons. The van der Waals surface area contributed by atoms with Crippen molar-refractivity contribution in [1.82, 2.24) is 25.4 Å². The van der Waals surface area contributed by atoms with Crippen molar-refractivity contribution in [2.45, 2.75) is 32.4 Å². The summed E-state index contributed by atoms with van der Waals surface area (Å²) >= 11 is 1.31. The average Bonchev–Trinajstić information content (AvgIpc) is 3.30. The number of aromatic nitrogens is 3. The van der Waals surface area contributed by atoms with Crippen molar-refractivity contribution in [1.29, 1.82) is 0 Å². The number of carbonyl (C=O) groups excluding carboxylic acids is 2. The van der Waals surface area contributed by atoms with Crippen molar-refractivity contribution in [3.05, 3.63) is 34.0 Å². The molecule has 3 rings (SSSR count). The fourth-order valence-corrected chi connectivity index (χ4v) is 3.36. The number of ether oxygens (including phenoxy) is 1. The van der Waals surface area contributed by atoms with Crippen molar-refractivity contribution >= 4 is 23.2 Å². The molecule has 1 fully saturated rings. The lowest BCUT2D eigenvalue weighted by molar-refractivity contribution is 0.0520. The molecule has 1 atom stereocenters. The Balaban J connectivity index is 1.54. The zero-order valence-corrected chi connectivity index (χ0v) is 14.8. The fourth-order valence-electron chi connectivity index (χ4n) is 2.66. The number of nitrogens with one attached hydrogen (secondary N) is 2. The Morgan fingerprint density at radius 3 is 3.12 bits per heavy atom. The minimum absolute atomic E-state index is 0.251. The molecule has 1 amide bonds. The number of rotatable bonds is 6. The molecule has 2 aromatic rings. The summed E-state index contributed by atoms with van der Waals surface area (Å²) in [5.41, 5.74) is 0.651. The van der Waals surface area contributed by atoms with Crippen LogP contribution in [-0.2, 0) is 11.3 Å². The van der Waals surface area contributed by atoms with Crippen molar-refractivity contribution in [2.24, 2.45) is 0 Å². The average molecular weight is 363 g/mol. The SMILES string of the molecule is CCOC(=O)c1csc(CNC(=O)c2ccn(C3CCCNC3)n2)n1. The van der Waals surface area contributed by atoms with Gasteiger partial charge >= 0.3 is 5.97 Å². The number of nitrogens with zero attached hydrogens (tertiary/aromatic N) is 3. The van der Waals surface area contributed by atoms with Gasteiger partial charge in [-0.15, -0.1) is 11.3 Å². The number of hydrogen-bond acceptors (Lipinski definition) is 7. The van der Waals surface area contributed by atoms with Gasteiger partial charge < -0.3 is 15.4 Å². The first-order valence-corrected chi connectivity index (χ1v) is 9.21. The maximum absolute atomic E-state index is 12.2. The molecule has 1 aliphatic heterocycles. The van der Waals surface area contributed by atoms with Gasteiger partial charge in [0.1, 0.15) is 10.7 Å². The van der Waals surface area contributed by atoms with Crippen LogP contribution in [0, 0.1) is 0 Å². The van der Waals surface area contributed by atoms with E-state index >= 15 is 0 Å². The first kappa shape index (κ1) is 17.6. The molecule has 8 nitrogen and oxygen atoms in total. The lowest BCUT2D eigenvalue weighted by atomic mass is 10.1. The molecule has 0 aliphatic carbocycles. The van der Waals surface area contributed by atoms with Gasteiger partial charge in [0.2, 0.25) is 0 Å². The standard InChI is InChI=1S/C16H21N5O3S/c1-2-24-16(23)13-10-25-14(19-13)9-18-15(22)12-5-7-21(20-12)11-4-3-6-17-8-11/h5,7,10-11,17H,2-4,6,8-9H2,1H3,(H,18,22). The maximum Gasteiger partial charge on any atom is 0.357 e. The van der Waals surface area contributed by atoms with Gasteiger partial charge in [0, 0.05) is 18.1 Å². The molecule has 2 N–H and O–H groups in total. The Bertz CT molecular complexity index is 736. The van der Waals surface area contributed by atoms with E-state index in [-0.39, 0.29) is 18.1 Å². The predicted molar refractivity (Wildman–Crippen MR) is 92.6 cm³/mol. The predicted octanol–water partition coefficient (Wildman–Crippen LogP) is 1.37. The van der Waals surface area contributed by atoms with Gasteiger partial charge in [-0.3, -0.25) is 9.48 Å². The van der Waals surface area contributed by atoms with E-state index in [0.29, 0.717) is 23.4 Å². The Hall–Kier alpha value is -2.26. The zero-order chi connectivity index (χ0) is 17.6. The Kier molecular flexibility index (Phi) is 5.77. The molecular weight excluding hydrogens is 342 g/mol. The number of thiazole rings is 1. The van der Waals surface area contributed by atoms with Crippen molar-refractivity contribution in [2.75, 3.05) is 19.7 Å². The van der Waals surface area contributed by atoms with Gasteiger partial charge in [0.15, 0.2) is 5.69 Å². The second-order valence-corrected chi connectivity index (χ2v) is 6.65. The maximum atomic E-state index is 12.2. The van der Waals surface area contributed by atoms with E-state index in [1.165, 1.54) is 11.3 Å². The number of piperidine rings is 1. The van der Waals surface area contributed by atoms with Crippen molar-refractivity contribution in [3.63, 3.8) is 0 Å². The number of amides is 1. The molecule has 25 heavy (non-hydrogen) atoms. The first-order chi connectivity index (χ1) is 12.2. The van der Waals surface area contributed by atoms with Crippen LogP contribution in [0.25, 0.3) is 0 Å². The second kappa shape index (κ2) is 8.21. The molecule has 0 bridgehead atoms. The van der Waals surface area contributed by atoms with Crippen LogP contribution in [0.1, 0.15) is 51.8 Å². The molecule has 0 saturated carbocycles. The van der Waals surface area contributed by atoms with E-state index in [2.05, 4.69) is 20.7 Å². The highest BCUT2D eigenvalue weighted by atomic mass is 32.1. The summed E-state index contributed by atoms with van der Waals surface area (Å²) in [6.45, 7) is 4.21. The molecule has 9 heteroatoms. The molecule has 134 valence electrons. The monoisotopic (exact) mass is 363 g/mol. The summed E-state index contributed by atoms with van der Waals surface area (Å²) in [5, 5.41) is 12.8. The summed E-state index contributed by atoms with van der Waals surface area (Å²) < 4.78 is 6.75. The highest BCUT2D eigenvalue weighted by molar-refractivity contribution is 7.09. The van der Waals surface area contributed by atoms with E-state index < -0.39 is 5.97 Å². The normalized spacial score (nSPS) is 17.2. The molecule has 0 spiro atoms. The summed E-state index contributed by atoms with van der Waals surface area (Å²) in [5.74, 6) is -0.702. The molecule has 0 aromatic carbocycles. The minimum atomic E-state index is -0.448. The number of hydrogen-bond donors (Lipinski definition) is 2. The molecule has 1 saturated heterocycles. The third-order valence-corrected chi connectivity index (χ3v) is 4.77. The van der Waals surface area contributed by atoms with E-state index in [4.69, 9.17) is 4.74 Å². The zero-order valence-electron chi connectivity index (χ0n) is 14.0. The Labute approximate surface area is 149 Å². The highest BCUT2D eigenvalue weighted by Crippen LogP contribution is 2.16. The van der Waals surface area contributed by atoms with Crippen LogP contribution in [-0.4, -0.2) is 46.3 Å². The van der Waals surface area contributed by atoms with Crippen LogP contribution in [0.5, 0.6) is 0 Å². The molecular formula is C16H21N5O3S. The lowest BCUT2D eigenvalue weighted by Crippen LogP contribution is -2.32. The highest BCUT2D eigenvalue weighted by Gasteiger charge is 2.18. The Morgan fingerprint density at radius 1 is 1.48 bits per heavy atom. The smallest absolute Gasteiger partial charge is 0.357 e. The van der Waals surface area contributed by atoms with Crippen LogP contribution in [0.3, 0.4) is 0 Å². The van der Waals surface area contributed by atoms with Crippen LogP contribution in [0.2, 0.25) is 0 Å². The summed E-state index contributed by atoms with van der Waals surface area (Å²) in [6.07, 6.45) is 4.01. The van der Waals surface area contributed by atoms with Crippen LogP contribution >= 0.6 is 11.3 Å². The number of esters is 1. The third kappa shape index (κ3) is 4.43. The minimum Gasteiger partial charge on any atom is -0.461 e. The quantitative estimate of drug-likeness (QED) is 0.752. The van der Waals surface area contributed by atoms with Crippen molar-refractivity contribution in [3.8, 4) is 0 Å². The van der Waals surface area contributed by atoms with Crippen LogP contribution < -0.4 is 10.6 Å². The van der Waals surface area contributed by atoms with Gasteiger partial charge in [-0.2, -0.15) is 5.10 Å². The summed E-state index contributed by atoms with van der Waals surface area (Å²) in [4.78, 5) is 28.0. The lowest BCUT2D eigenvalue weighted by Gasteiger charge is -2.22. The van der Waals surface area contributed by atoms with E-state index in [1.54, 1.807) is 18.4 Å². The van der Waals surface area contributed by atoms with Crippen LogP contribution in [0.15, 0.2) is 17.6 Å². The summed E-state index contributed by atoms with van der Waals surface area (Å²) in [7, 11) is 0. The molecule has 1 aliphatic rings. The third-order valence-electron chi connectivity index (χ3n) is 3.92. The number of carbonyl (C=O) groups is 2. The van der Waals surface area contributed by atoms with E-state index in [9.17, 15) is 9.59 Å². The molecule has 3 heterocycles. The summed E-state index contributed by atoms with van der Waals surface area (Å²) in [6, 6.07) is 2.01. The van der Waals surface area contributed by atoms with Crippen molar-refractivity contribution < 1.29 is 14.3 Å². The first-order valence-electron chi connectivity index (χ1n) is 8.33. The van der Waals surface area contributed by atoms with Gasteiger partial charge in [0.25, 0.3) is 5.91 Å². The topological polar surface area (TPSA) is 98.1 Å². The molecule has 1 unspecified atom stereocenters. The Morgan fingerprint density at radius 2 is 2.36 bits per heavy atom.